The van der Waals surface area contributed by atoms with E-state index >= 15 is 0 Å². The number of likely N-dealkylation sites (N-methyl/N-ethyl adjacent to an activating group) is 1. The van der Waals surface area contributed by atoms with E-state index in [0.29, 0.717) is 11.5 Å². The van der Waals surface area contributed by atoms with Crippen LogP contribution in [0.25, 0.3) is 11.3 Å². The fourth-order valence-corrected chi connectivity index (χ4v) is 2.40. The number of hydrogen-bond acceptors (Lipinski definition) is 7. The Morgan fingerprint density at radius 3 is 2.38 bits per heavy atom. The fraction of sp³-hybridized carbons (Fsp3) is 0.529. The van der Waals surface area contributed by atoms with Gasteiger partial charge in [0.25, 0.3) is 0 Å². The van der Waals surface area contributed by atoms with E-state index in [1.54, 1.807) is 18.5 Å². The lowest BCUT2D eigenvalue weighted by Gasteiger charge is -2.32. The lowest BCUT2D eigenvalue weighted by Crippen LogP contribution is -2.45. The molecule has 1 aliphatic rings. The third-order valence-electron chi connectivity index (χ3n) is 3.70. The molecule has 7 nitrogen and oxygen atoms in total. The van der Waals surface area contributed by atoms with Crippen molar-refractivity contribution < 1.29 is 9.32 Å². The fourth-order valence-electron chi connectivity index (χ4n) is 2.40. The summed E-state index contributed by atoms with van der Waals surface area (Å²) in [6.45, 7) is 9.42. The third-order valence-corrected chi connectivity index (χ3v) is 3.70. The monoisotopic (exact) mass is 331 g/mol. The number of Topliss-reactive ketones (excluding diaryl/α,β-unsaturated/α-hetero) is 1. The zero-order chi connectivity index (χ0) is 17.5. The lowest BCUT2D eigenvalue weighted by atomic mass is 10.2. The standard InChI is InChI=1S/C15H19N5O2.C2H6/c1-11(21)7-13-8-14(18-22-13)12-9-16-15(17-10-12)20-5-3-19(2)4-6-20;1-2/h8-10H,3-7H2,1-2H3;1-2H3. The molecule has 1 fully saturated rings. The van der Waals surface area contributed by atoms with Crippen LogP contribution in [-0.2, 0) is 11.2 Å². The van der Waals surface area contributed by atoms with Gasteiger partial charge in [-0.05, 0) is 14.0 Å². The van der Waals surface area contributed by atoms with Crippen LogP contribution in [0, 0.1) is 0 Å². The molecule has 0 amide bonds. The second-order valence-corrected chi connectivity index (χ2v) is 5.62. The first-order chi connectivity index (χ1) is 11.6. The van der Waals surface area contributed by atoms with Gasteiger partial charge in [0.1, 0.15) is 17.2 Å². The summed E-state index contributed by atoms with van der Waals surface area (Å²) >= 11 is 0. The maximum absolute atomic E-state index is 11.1. The van der Waals surface area contributed by atoms with Gasteiger partial charge in [-0.1, -0.05) is 19.0 Å². The predicted molar refractivity (Wildman–Crippen MR) is 93.0 cm³/mol. The van der Waals surface area contributed by atoms with Gasteiger partial charge in [-0.3, -0.25) is 4.79 Å². The summed E-state index contributed by atoms with van der Waals surface area (Å²) in [5.74, 6) is 1.35. The van der Waals surface area contributed by atoms with E-state index in [9.17, 15) is 4.79 Å². The van der Waals surface area contributed by atoms with Gasteiger partial charge in [0.15, 0.2) is 0 Å². The SMILES string of the molecule is CC.CC(=O)Cc1cc(-c2cnc(N3CCN(C)CC3)nc2)no1. The van der Waals surface area contributed by atoms with Crippen molar-refractivity contribution in [3.05, 3.63) is 24.2 Å². The highest BCUT2D eigenvalue weighted by molar-refractivity contribution is 5.77. The molecule has 2 aromatic rings. The number of hydrogen-bond donors (Lipinski definition) is 0. The van der Waals surface area contributed by atoms with Crippen molar-refractivity contribution in [1.29, 1.82) is 0 Å². The second kappa shape index (κ2) is 8.54. The molecule has 1 aliphatic heterocycles. The summed E-state index contributed by atoms with van der Waals surface area (Å²) in [6, 6.07) is 1.76. The molecule has 0 aromatic carbocycles. The molecule has 0 spiro atoms. The molecule has 0 bridgehead atoms. The van der Waals surface area contributed by atoms with Crippen molar-refractivity contribution in [2.24, 2.45) is 0 Å². The summed E-state index contributed by atoms with van der Waals surface area (Å²) in [5, 5.41) is 3.96. The van der Waals surface area contributed by atoms with Crippen LogP contribution in [0.4, 0.5) is 5.95 Å². The Balaban J connectivity index is 0.00000100. The van der Waals surface area contributed by atoms with E-state index in [1.807, 2.05) is 13.8 Å². The van der Waals surface area contributed by atoms with Crippen LogP contribution < -0.4 is 4.90 Å². The molecule has 1 saturated heterocycles. The maximum atomic E-state index is 11.1. The third kappa shape index (κ3) is 4.61. The quantitative estimate of drug-likeness (QED) is 0.848. The first-order valence-electron chi connectivity index (χ1n) is 8.33. The van der Waals surface area contributed by atoms with Gasteiger partial charge < -0.3 is 14.3 Å². The minimum absolute atomic E-state index is 0.0457. The molecule has 2 aromatic heterocycles. The van der Waals surface area contributed by atoms with Crippen LogP contribution in [0.15, 0.2) is 23.0 Å². The van der Waals surface area contributed by atoms with E-state index < -0.39 is 0 Å². The van der Waals surface area contributed by atoms with Gasteiger partial charge in [0.05, 0.1) is 6.42 Å². The van der Waals surface area contributed by atoms with Gasteiger partial charge in [-0.2, -0.15) is 0 Å². The number of aromatic nitrogens is 3. The molecule has 7 heteroatoms. The number of carbonyl (C=O) groups is 1. The van der Waals surface area contributed by atoms with E-state index in [2.05, 4.69) is 32.0 Å². The summed E-state index contributed by atoms with van der Waals surface area (Å²) in [4.78, 5) is 24.4. The maximum Gasteiger partial charge on any atom is 0.225 e. The first kappa shape index (κ1) is 18.1. The zero-order valence-corrected chi connectivity index (χ0v) is 14.8. The Hall–Kier alpha value is -2.28. The molecule has 0 atom stereocenters. The number of anilines is 1. The summed E-state index contributed by atoms with van der Waals surface area (Å²) in [7, 11) is 2.12. The number of nitrogens with zero attached hydrogens (tertiary/aromatic N) is 5. The molecule has 0 N–H and O–H groups in total. The van der Waals surface area contributed by atoms with Gasteiger partial charge in [0.2, 0.25) is 5.95 Å². The minimum Gasteiger partial charge on any atom is -0.360 e. The summed E-state index contributed by atoms with van der Waals surface area (Å²) in [5.41, 5.74) is 1.44. The van der Waals surface area contributed by atoms with Crippen LogP contribution >= 0.6 is 0 Å². The van der Waals surface area contributed by atoms with Crippen molar-refractivity contribution in [2.45, 2.75) is 27.2 Å². The molecule has 130 valence electrons. The van der Waals surface area contributed by atoms with Crippen LogP contribution in [0.1, 0.15) is 26.5 Å². The van der Waals surface area contributed by atoms with Crippen molar-refractivity contribution in [3.8, 4) is 11.3 Å². The van der Waals surface area contributed by atoms with E-state index in [-0.39, 0.29) is 12.2 Å². The van der Waals surface area contributed by atoms with Crippen LogP contribution in [-0.4, -0.2) is 59.0 Å². The summed E-state index contributed by atoms with van der Waals surface area (Å²) < 4.78 is 5.15. The van der Waals surface area contributed by atoms with Crippen molar-refractivity contribution >= 4 is 11.7 Å². The van der Waals surface area contributed by atoms with Crippen LogP contribution in [0.5, 0.6) is 0 Å². The average Bonchev–Trinajstić information content (AvgIpc) is 3.05. The lowest BCUT2D eigenvalue weighted by molar-refractivity contribution is -0.116. The Morgan fingerprint density at radius 2 is 1.79 bits per heavy atom. The Kier molecular flexibility index (Phi) is 6.43. The second-order valence-electron chi connectivity index (χ2n) is 5.62. The molecule has 0 radical (unpaired) electrons. The highest BCUT2D eigenvalue weighted by atomic mass is 16.5. The topological polar surface area (TPSA) is 75.4 Å². The molecular formula is C17H25N5O2. The number of carbonyl (C=O) groups excluding carboxylic acids is 1. The van der Waals surface area contributed by atoms with Gasteiger partial charge >= 0.3 is 0 Å². The van der Waals surface area contributed by atoms with E-state index in [4.69, 9.17) is 4.52 Å². The molecule has 3 heterocycles. The van der Waals surface area contributed by atoms with Gasteiger partial charge in [-0.15, -0.1) is 0 Å². The Morgan fingerprint density at radius 1 is 1.17 bits per heavy atom. The normalized spacial score (nSPS) is 14.9. The highest BCUT2D eigenvalue weighted by Crippen LogP contribution is 2.19. The van der Waals surface area contributed by atoms with E-state index in [1.165, 1.54) is 6.92 Å². The minimum atomic E-state index is 0.0457. The van der Waals surface area contributed by atoms with Crippen LogP contribution in [0.2, 0.25) is 0 Å². The van der Waals surface area contributed by atoms with Gasteiger partial charge in [-0.25, -0.2) is 9.97 Å². The van der Waals surface area contributed by atoms with E-state index in [0.717, 1.165) is 37.7 Å². The van der Waals surface area contributed by atoms with Crippen LogP contribution in [0.3, 0.4) is 0 Å². The number of rotatable bonds is 4. The van der Waals surface area contributed by atoms with Gasteiger partial charge in [0, 0.05) is 50.2 Å². The molecule has 0 unspecified atom stereocenters. The first-order valence-corrected chi connectivity index (χ1v) is 8.33. The highest BCUT2D eigenvalue weighted by Gasteiger charge is 2.16. The smallest absolute Gasteiger partial charge is 0.225 e. The number of piperazine rings is 1. The predicted octanol–water partition coefficient (Wildman–Crippen LogP) is 2.04. The molecule has 0 saturated carbocycles. The molecule has 0 aliphatic carbocycles. The molecular weight excluding hydrogens is 306 g/mol. The number of ketones is 1. The van der Waals surface area contributed by atoms with Crippen molar-refractivity contribution in [1.82, 2.24) is 20.0 Å². The zero-order valence-electron chi connectivity index (χ0n) is 14.8. The largest absolute Gasteiger partial charge is 0.360 e. The Bertz CT molecular complexity index is 645. The average molecular weight is 331 g/mol. The van der Waals surface area contributed by atoms with Crippen molar-refractivity contribution in [3.63, 3.8) is 0 Å². The molecule has 3 rings (SSSR count). The summed E-state index contributed by atoms with van der Waals surface area (Å²) in [6.07, 6.45) is 3.75. The Labute approximate surface area is 142 Å². The van der Waals surface area contributed by atoms with Crippen molar-refractivity contribution in [2.75, 3.05) is 38.1 Å². The molecule has 24 heavy (non-hydrogen) atoms.